The Kier molecular flexibility index (Phi) is 2.59. The average molecular weight is 186 g/mol. The Labute approximate surface area is 72.8 Å². The van der Waals surface area contributed by atoms with Gasteiger partial charge >= 0.3 is 0 Å². The Hall–Kier alpha value is -1.47. The Balaban J connectivity index is 3.30. The highest BCUT2D eigenvalue weighted by Gasteiger charge is 2.17. The smallest absolute Gasteiger partial charge is 0.145 e. The highest BCUT2D eigenvalue weighted by molar-refractivity contribution is 5.27. The van der Waals surface area contributed by atoms with E-state index in [0.717, 1.165) is 0 Å². The van der Waals surface area contributed by atoms with Crippen molar-refractivity contribution in [2.45, 2.75) is 6.10 Å². The van der Waals surface area contributed by atoms with E-state index in [2.05, 4.69) is 0 Å². The van der Waals surface area contributed by atoms with E-state index in [-0.39, 0.29) is 0 Å². The molecular formula is C9H5F3O. The zero-order valence-corrected chi connectivity index (χ0v) is 6.39. The Morgan fingerprint density at radius 1 is 1.23 bits per heavy atom. The highest BCUT2D eigenvalue weighted by atomic mass is 19.1. The summed E-state index contributed by atoms with van der Waals surface area (Å²) in [6.45, 7) is 0. The van der Waals surface area contributed by atoms with E-state index in [1.54, 1.807) is 5.92 Å². The van der Waals surface area contributed by atoms with Crippen LogP contribution in [0.1, 0.15) is 11.7 Å². The van der Waals surface area contributed by atoms with Gasteiger partial charge in [-0.3, -0.25) is 0 Å². The minimum Gasteiger partial charge on any atom is -0.376 e. The average Bonchev–Trinajstić information content (AvgIpc) is 2.02. The quantitative estimate of drug-likeness (QED) is 0.662. The second-order valence-electron chi connectivity index (χ2n) is 2.35. The SMILES string of the molecule is C#CC(O)c1c(F)cc(F)cc1F. The molecule has 0 bridgehead atoms. The maximum atomic E-state index is 12.8. The molecule has 1 aromatic rings. The number of halogens is 3. The number of terminal acetylenes is 1. The zero-order chi connectivity index (χ0) is 10.0. The molecule has 1 rings (SSSR count). The first-order chi connectivity index (χ1) is 6.06. The number of aliphatic hydroxyl groups excluding tert-OH is 1. The normalized spacial score (nSPS) is 12.2. The molecule has 13 heavy (non-hydrogen) atoms. The second-order valence-corrected chi connectivity index (χ2v) is 2.35. The lowest BCUT2D eigenvalue weighted by molar-refractivity contribution is 0.226. The molecule has 1 N–H and O–H groups in total. The van der Waals surface area contributed by atoms with Crippen molar-refractivity contribution in [3.8, 4) is 12.3 Å². The van der Waals surface area contributed by atoms with Gasteiger partial charge in [-0.2, -0.15) is 0 Å². The molecule has 0 aliphatic heterocycles. The van der Waals surface area contributed by atoms with Crippen molar-refractivity contribution in [3.63, 3.8) is 0 Å². The summed E-state index contributed by atoms with van der Waals surface area (Å²) < 4.78 is 38.0. The van der Waals surface area contributed by atoms with Gasteiger partial charge in [0.2, 0.25) is 0 Å². The minimum absolute atomic E-state index is 0.457. The predicted molar refractivity (Wildman–Crippen MR) is 40.1 cm³/mol. The van der Waals surface area contributed by atoms with E-state index in [4.69, 9.17) is 11.5 Å². The number of rotatable bonds is 1. The van der Waals surface area contributed by atoms with Crippen LogP contribution in [0.25, 0.3) is 0 Å². The van der Waals surface area contributed by atoms with Crippen molar-refractivity contribution in [1.29, 1.82) is 0 Å². The third-order valence-electron chi connectivity index (χ3n) is 1.48. The van der Waals surface area contributed by atoms with Crippen molar-refractivity contribution in [2.75, 3.05) is 0 Å². The number of hydrogen-bond acceptors (Lipinski definition) is 1. The maximum absolute atomic E-state index is 12.8. The van der Waals surface area contributed by atoms with Crippen molar-refractivity contribution < 1.29 is 18.3 Å². The fourth-order valence-electron chi connectivity index (χ4n) is 0.898. The van der Waals surface area contributed by atoms with Gasteiger partial charge in [0.25, 0.3) is 0 Å². The molecule has 1 atom stereocenters. The molecule has 1 aromatic carbocycles. The Morgan fingerprint density at radius 2 is 1.69 bits per heavy atom. The summed E-state index contributed by atoms with van der Waals surface area (Å²) in [7, 11) is 0. The highest BCUT2D eigenvalue weighted by Crippen LogP contribution is 2.21. The number of benzene rings is 1. The maximum Gasteiger partial charge on any atom is 0.145 e. The zero-order valence-electron chi connectivity index (χ0n) is 6.39. The molecule has 0 heterocycles. The molecule has 0 aromatic heterocycles. The van der Waals surface area contributed by atoms with Crippen molar-refractivity contribution in [1.82, 2.24) is 0 Å². The van der Waals surface area contributed by atoms with E-state index in [1.165, 1.54) is 0 Å². The first kappa shape index (κ1) is 9.62. The van der Waals surface area contributed by atoms with Gasteiger partial charge in [-0.25, -0.2) is 13.2 Å². The molecule has 0 aliphatic carbocycles. The van der Waals surface area contributed by atoms with Crippen LogP contribution in [0.15, 0.2) is 12.1 Å². The van der Waals surface area contributed by atoms with Gasteiger partial charge in [-0.05, 0) is 0 Å². The molecule has 1 unspecified atom stereocenters. The topological polar surface area (TPSA) is 20.2 Å². The summed E-state index contributed by atoms with van der Waals surface area (Å²) in [4.78, 5) is 0. The number of aliphatic hydroxyl groups is 1. The molecule has 0 saturated carbocycles. The van der Waals surface area contributed by atoms with Crippen LogP contribution in [0.2, 0.25) is 0 Å². The molecular weight excluding hydrogens is 181 g/mol. The minimum atomic E-state index is -1.69. The van der Waals surface area contributed by atoms with Gasteiger partial charge < -0.3 is 5.11 Å². The van der Waals surface area contributed by atoms with Gasteiger partial charge in [0.1, 0.15) is 23.6 Å². The summed E-state index contributed by atoms with van der Waals surface area (Å²) in [5.41, 5.74) is -0.705. The second kappa shape index (κ2) is 3.50. The third-order valence-corrected chi connectivity index (χ3v) is 1.48. The van der Waals surface area contributed by atoms with Crippen LogP contribution in [0, 0.1) is 29.8 Å². The van der Waals surface area contributed by atoms with E-state index in [0.29, 0.717) is 12.1 Å². The molecule has 68 valence electrons. The lowest BCUT2D eigenvalue weighted by atomic mass is 10.1. The van der Waals surface area contributed by atoms with Crippen LogP contribution < -0.4 is 0 Å². The molecule has 0 radical (unpaired) electrons. The van der Waals surface area contributed by atoms with Gasteiger partial charge in [-0.15, -0.1) is 6.42 Å². The summed E-state index contributed by atoms with van der Waals surface area (Å²) in [5, 5.41) is 8.94. The summed E-state index contributed by atoms with van der Waals surface area (Å²) in [6.07, 6.45) is 3.06. The van der Waals surface area contributed by atoms with Gasteiger partial charge in [-0.1, -0.05) is 5.92 Å². The van der Waals surface area contributed by atoms with Crippen LogP contribution >= 0.6 is 0 Å². The molecule has 1 nitrogen and oxygen atoms in total. The third kappa shape index (κ3) is 1.82. The van der Waals surface area contributed by atoms with Crippen LogP contribution in [0.4, 0.5) is 13.2 Å². The molecule has 0 fully saturated rings. The van der Waals surface area contributed by atoms with Gasteiger partial charge in [0, 0.05) is 12.1 Å². The van der Waals surface area contributed by atoms with E-state index >= 15 is 0 Å². The monoisotopic (exact) mass is 186 g/mol. The summed E-state index contributed by atoms with van der Waals surface area (Å²) >= 11 is 0. The first-order valence-corrected chi connectivity index (χ1v) is 3.35. The fourth-order valence-corrected chi connectivity index (χ4v) is 0.898. The molecule has 4 heteroatoms. The van der Waals surface area contributed by atoms with Gasteiger partial charge in [0.15, 0.2) is 0 Å². The van der Waals surface area contributed by atoms with Crippen LogP contribution in [-0.2, 0) is 0 Å². The molecule has 0 aliphatic rings. The number of hydrogen-bond donors (Lipinski definition) is 1. The Bertz CT molecular complexity index is 345. The summed E-state index contributed by atoms with van der Waals surface area (Å²) in [5.74, 6) is -1.70. The fraction of sp³-hybridized carbons (Fsp3) is 0.111. The van der Waals surface area contributed by atoms with E-state index in [1.807, 2.05) is 0 Å². The predicted octanol–water partition coefficient (Wildman–Crippen LogP) is 1.77. The van der Waals surface area contributed by atoms with E-state index in [9.17, 15) is 13.2 Å². The molecule has 0 saturated heterocycles. The Morgan fingerprint density at radius 3 is 2.08 bits per heavy atom. The van der Waals surface area contributed by atoms with Crippen molar-refractivity contribution in [3.05, 3.63) is 35.1 Å². The van der Waals surface area contributed by atoms with E-state index < -0.39 is 29.1 Å². The molecule has 0 amide bonds. The van der Waals surface area contributed by atoms with Crippen molar-refractivity contribution >= 4 is 0 Å². The van der Waals surface area contributed by atoms with Crippen LogP contribution in [0.3, 0.4) is 0 Å². The molecule has 0 spiro atoms. The lowest BCUT2D eigenvalue weighted by Gasteiger charge is -2.06. The summed E-state index contributed by atoms with van der Waals surface area (Å²) in [6, 6.07) is 0.915. The van der Waals surface area contributed by atoms with Gasteiger partial charge in [0.05, 0.1) is 5.56 Å². The lowest BCUT2D eigenvalue weighted by Crippen LogP contribution is -2.02. The first-order valence-electron chi connectivity index (χ1n) is 3.35. The standard InChI is InChI=1S/C9H5F3O/c1-2-8(13)9-6(11)3-5(10)4-7(9)12/h1,3-4,8,13H. The largest absolute Gasteiger partial charge is 0.376 e. The van der Waals surface area contributed by atoms with Crippen molar-refractivity contribution in [2.24, 2.45) is 0 Å². The van der Waals surface area contributed by atoms with Crippen LogP contribution in [-0.4, -0.2) is 5.11 Å². The van der Waals surface area contributed by atoms with Crippen LogP contribution in [0.5, 0.6) is 0 Å².